The van der Waals surface area contributed by atoms with Crippen LogP contribution in [0, 0.1) is 23.2 Å². The number of hydrogen-bond donors (Lipinski definition) is 3. The molecule has 194 valence electrons. The highest BCUT2D eigenvalue weighted by molar-refractivity contribution is 5.40. The Hall–Kier alpha value is -0.940. The molecule has 4 nitrogen and oxygen atoms in total. The van der Waals surface area contributed by atoms with Gasteiger partial charge in [-0.3, -0.25) is 0 Å². The number of aliphatic hydroxyl groups excluding tert-OH is 2. The zero-order valence-corrected chi connectivity index (χ0v) is 22.4. The molecule has 0 aromatic carbocycles. The van der Waals surface area contributed by atoms with Crippen LogP contribution in [0.5, 0.6) is 0 Å². The largest absolute Gasteiger partial charge is 0.390 e. The summed E-state index contributed by atoms with van der Waals surface area (Å²) in [6.45, 7) is 15.5. The van der Waals surface area contributed by atoms with E-state index in [0.717, 1.165) is 37.2 Å². The Morgan fingerprint density at radius 1 is 1.24 bits per heavy atom. The van der Waals surface area contributed by atoms with Crippen molar-refractivity contribution in [2.24, 2.45) is 23.2 Å². The third kappa shape index (κ3) is 6.24. The molecule has 0 aromatic rings. The van der Waals surface area contributed by atoms with Crippen molar-refractivity contribution in [1.29, 1.82) is 0 Å². The maximum atomic E-state index is 10.7. The van der Waals surface area contributed by atoms with Gasteiger partial charge in [0, 0.05) is 13.0 Å². The van der Waals surface area contributed by atoms with Gasteiger partial charge in [0.15, 0.2) is 0 Å². The molecule has 0 aromatic heterocycles. The SMILES string of the molecule is C=C1/C(=C/C=C2/CCC[C@@]3(C)C2CCC3[C@H](C)CCCC(C)(C)O)C[C@@H](O)[C@H](OCCC)[C@@H]1O. The number of ether oxygens (including phenoxy) is 1. The molecule has 3 rings (SSSR count). The molecule has 3 N–H and O–H groups in total. The van der Waals surface area contributed by atoms with E-state index in [1.165, 1.54) is 37.7 Å². The van der Waals surface area contributed by atoms with Gasteiger partial charge in [-0.2, -0.15) is 0 Å². The molecule has 4 heteroatoms. The fraction of sp³-hybridized carbons (Fsp3) is 0.800. The standard InChI is InChI=1S/C30H50O4/c1-7-18-34-28-26(31)19-23(21(3)27(28)32)13-12-22-11-9-17-30(6)24(14-15-25(22)30)20(2)10-8-16-29(4,5)33/h12-13,20,24-28,31-33H,3,7-11,14-19H2,1-2,4-6H3/b22-12-,23-13+/t20-,24?,25?,26-,27-,28+,30-/m1/s1. The van der Waals surface area contributed by atoms with Gasteiger partial charge in [-0.15, -0.1) is 0 Å². The lowest BCUT2D eigenvalue weighted by molar-refractivity contribution is -0.0947. The predicted octanol–water partition coefficient (Wildman–Crippen LogP) is 6.11. The van der Waals surface area contributed by atoms with E-state index >= 15 is 0 Å². The monoisotopic (exact) mass is 474 g/mol. The van der Waals surface area contributed by atoms with Gasteiger partial charge in [0.25, 0.3) is 0 Å². The van der Waals surface area contributed by atoms with Crippen LogP contribution in [0.15, 0.2) is 35.5 Å². The van der Waals surface area contributed by atoms with Gasteiger partial charge in [0.05, 0.1) is 11.7 Å². The van der Waals surface area contributed by atoms with Crippen molar-refractivity contribution in [3.05, 3.63) is 35.5 Å². The van der Waals surface area contributed by atoms with Gasteiger partial charge < -0.3 is 20.1 Å². The van der Waals surface area contributed by atoms with Crippen LogP contribution >= 0.6 is 0 Å². The van der Waals surface area contributed by atoms with Crippen LogP contribution in [0.4, 0.5) is 0 Å². The third-order valence-corrected chi connectivity index (χ3v) is 9.07. The molecular weight excluding hydrogens is 424 g/mol. The Morgan fingerprint density at radius 3 is 2.65 bits per heavy atom. The smallest absolute Gasteiger partial charge is 0.114 e. The van der Waals surface area contributed by atoms with Gasteiger partial charge in [-0.05, 0) is 93.1 Å². The summed E-state index contributed by atoms with van der Waals surface area (Å²) in [6, 6.07) is 0. The fourth-order valence-electron chi connectivity index (χ4n) is 7.18. The molecule has 0 amide bonds. The van der Waals surface area contributed by atoms with Crippen molar-refractivity contribution in [2.45, 2.75) is 123 Å². The van der Waals surface area contributed by atoms with Crippen LogP contribution in [-0.4, -0.2) is 45.8 Å². The lowest BCUT2D eigenvalue weighted by Gasteiger charge is -2.44. The molecule has 0 bridgehead atoms. The molecule has 2 unspecified atom stereocenters. The van der Waals surface area contributed by atoms with Crippen molar-refractivity contribution in [2.75, 3.05) is 6.61 Å². The average Bonchev–Trinajstić information content (AvgIpc) is 3.12. The van der Waals surface area contributed by atoms with Crippen molar-refractivity contribution in [1.82, 2.24) is 0 Å². The van der Waals surface area contributed by atoms with Crippen LogP contribution in [-0.2, 0) is 4.74 Å². The first-order valence-electron chi connectivity index (χ1n) is 13.8. The first-order valence-corrected chi connectivity index (χ1v) is 13.8. The van der Waals surface area contributed by atoms with Gasteiger partial charge in [-0.25, -0.2) is 0 Å². The van der Waals surface area contributed by atoms with E-state index in [2.05, 4.69) is 32.6 Å². The van der Waals surface area contributed by atoms with Crippen LogP contribution < -0.4 is 0 Å². The Bertz CT molecular complexity index is 760. The number of fused-ring (bicyclic) bond motifs is 1. The third-order valence-electron chi connectivity index (χ3n) is 9.07. The van der Waals surface area contributed by atoms with Crippen molar-refractivity contribution < 1.29 is 20.1 Å². The minimum Gasteiger partial charge on any atom is -0.390 e. The summed E-state index contributed by atoms with van der Waals surface area (Å²) in [7, 11) is 0. The first kappa shape index (κ1) is 27.6. The fourth-order valence-corrected chi connectivity index (χ4v) is 7.18. The summed E-state index contributed by atoms with van der Waals surface area (Å²) in [5.41, 5.74) is 2.95. The number of aliphatic hydroxyl groups is 3. The van der Waals surface area contributed by atoms with Crippen LogP contribution in [0.2, 0.25) is 0 Å². The van der Waals surface area contributed by atoms with E-state index in [1.807, 2.05) is 20.8 Å². The molecular formula is C30H50O4. The summed E-state index contributed by atoms with van der Waals surface area (Å²) in [5, 5.41) is 31.4. The van der Waals surface area contributed by atoms with Crippen molar-refractivity contribution in [3.8, 4) is 0 Å². The highest BCUT2D eigenvalue weighted by Gasteiger charge is 2.50. The molecule has 0 spiro atoms. The second kappa shape index (κ2) is 11.4. The van der Waals surface area contributed by atoms with Gasteiger partial charge in [-0.1, -0.05) is 57.9 Å². The second-order valence-corrected chi connectivity index (χ2v) is 12.3. The number of allylic oxidation sites excluding steroid dienone is 3. The minimum atomic E-state index is -0.850. The molecule has 3 aliphatic rings. The maximum Gasteiger partial charge on any atom is 0.114 e. The summed E-state index contributed by atoms with van der Waals surface area (Å²) in [6.07, 6.45) is 13.0. The molecule has 0 radical (unpaired) electrons. The minimum absolute atomic E-state index is 0.346. The van der Waals surface area contributed by atoms with Crippen LogP contribution in [0.1, 0.15) is 98.8 Å². The molecule has 34 heavy (non-hydrogen) atoms. The second-order valence-electron chi connectivity index (χ2n) is 12.3. The quantitative estimate of drug-likeness (QED) is 0.377. The molecule has 0 saturated heterocycles. The summed E-state index contributed by atoms with van der Waals surface area (Å²) in [5.74, 6) is 2.03. The topological polar surface area (TPSA) is 69.9 Å². The highest BCUT2D eigenvalue weighted by Crippen LogP contribution is 2.60. The van der Waals surface area contributed by atoms with Gasteiger partial charge in [0.2, 0.25) is 0 Å². The maximum absolute atomic E-state index is 10.7. The van der Waals surface area contributed by atoms with E-state index in [4.69, 9.17) is 4.74 Å². The predicted molar refractivity (Wildman–Crippen MR) is 139 cm³/mol. The lowest BCUT2D eigenvalue weighted by atomic mass is 9.60. The zero-order chi connectivity index (χ0) is 25.1. The Labute approximate surface area is 208 Å². The first-order chi connectivity index (χ1) is 16.0. The Balaban J connectivity index is 1.69. The normalized spacial score (nSPS) is 37.9. The van der Waals surface area contributed by atoms with Crippen molar-refractivity contribution >= 4 is 0 Å². The number of rotatable bonds is 9. The zero-order valence-electron chi connectivity index (χ0n) is 22.4. The summed E-state index contributed by atoms with van der Waals surface area (Å²) < 4.78 is 5.70. The van der Waals surface area contributed by atoms with E-state index < -0.39 is 23.9 Å². The summed E-state index contributed by atoms with van der Waals surface area (Å²) in [4.78, 5) is 0. The molecule has 0 aliphatic heterocycles. The van der Waals surface area contributed by atoms with Gasteiger partial charge >= 0.3 is 0 Å². The average molecular weight is 475 g/mol. The lowest BCUT2D eigenvalue weighted by Crippen LogP contribution is -2.45. The van der Waals surface area contributed by atoms with Crippen LogP contribution in [0.25, 0.3) is 0 Å². The number of hydrogen-bond acceptors (Lipinski definition) is 4. The van der Waals surface area contributed by atoms with E-state index in [0.29, 0.717) is 35.9 Å². The van der Waals surface area contributed by atoms with Gasteiger partial charge in [0.1, 0.15) is 12.2 Å². The molecule has 7 atom stereocenters. The van der Waals surface area contributed by atoms with Crippen LogP contribution in [0.3, 0.4) is 0 Å². The van der Waals surface area contributed by atoms with E-state index in [-0.39, 0.29) is 0 Å². The molecule has 3 saturated carbocycles. The van der Waals surface area contributed by atoms with Crippen molar-refractivity contribution in [3.63, 3.8) is 0 Å². The Kier molecular flexibility index (Phi) is 9.28. The Morgan fingerprint density at radius 2 is 1.97 bits per heavy atom. The summed E-state index contributed by atoms with van der Waals surface area (Å²) >= 11 is 0. The molecule has 0 heterocycles. The highest BCUT2D eigenvalue weighted by atomic mass is 16.5. The molecule has 3 aliphatic carbocycles. The van der Waals surface area contributed by atoms with E-state index in [1.54, 1.807) is 0 Å². The van der Waals surface area contributed by atoms with E-state index in [9.17, 15) is 15.3 Å². The molecule has 3 fully saturated rings.